The van der Waals surface area contributed by atoms with Gasteiger partial charge in [-0.2, -0.15) is 5.10 Å². The van der Waals surface area contributed by atoms with E-state index < -0.39 is 0 Å². The quantitative estimate of drug-likeness (QED) is 0.483. The minimum Gasteiger partial charge on any atom is -0.466 e. The van der Waals surface area contributed by atoms with Crippen LogP contribution in [0.25, 0.3) is 6.08 Å². The first-order valence-corrected chi connectivity index (χ1v) is 7.76. The predicted octanol–water partition coefficient (Wildman–Crippen LogP) is 3.36. The molecule has 114 valence electrons. The van der Waals surface area contributed by atoms with Crippen LogP contribution in [0.4, 0.5) is 5.13 Å². The number of ether oxygens (including phenoxy) is 1. The molecule has 0 unspecified atom stereocenters. The van der Waals surface area contributed by atoms with Crippen molar-refractivity contribution in [1.29, 1.82) is 0 Å². The van der Waals surface area contributed by atoms with E-state index in [0.717, 1.165) is 5.56 Å². The number of carbonyl (C=O) groups excluding carboxylic acids is 1. The highest BCUT2D eigenvalue weighted by Gasteiger charge is 2.07. The summed E-state index contributed by atoms with van der Waals surface area (Å²) in [6, 6.07) is 9.97. The number of nitrogens with one attached hydrogen (secondary N) is 1. The molecular formula is C16H17N3O2S. The van der Waals surface area contributed by atoms with Crippen molar-refractivity contribution in [2.45, 2.75) is 13.3 Å². The van der Waals surface area contributed by atoms with Gasteiger partial charge in [0.25, 0.3) is 0 Å². The van der Waals surface area contributed by atoms with E-state index in [1.54, 1.807) is 13.1 Å². The molecule has 1 aromatic carbocycles. The van der Waals surface area contributed by atoms with Crippen molar-refractivity contribution < 1.29 is 9.53 Å². The van der Waals surface area contributed by atoms with E-state index in [-0.39, 0.29) is 12.4 Å². The Morgan fingerprint density at radius 3 is 3.00 bits per heavy atom. The summed E-state index contributed by atoms with van der Waals surface area (Å²) in [5.74, 6) is -0.270. The van der Waals surface area contributed by atoms with Gasteiger partial charge in [0.05, 0.1) is 18.7 Å². The summed E-state index contributed by atoms with van der Waals surface area (Å²) in [7, 11) is 0. The van der Waals surface area contributed by atoms with Crippen LogP contribution in [0, 0.1) is 0 Å². The van der Waals surface area contributed by atoms with Gasteiger partial charge in [0.15, 0.2) is 0 Å². The molecule has 1 aromatic heterocycles. The first-order valence-electron chi connectivity index (χ1n) is 6.88. The van der Waals surface area contributed by atoms with E-state index in [1.165, 1.54) is 11.3 Å². The number of aromatic nitrogens is 1. The van der Waals surface area contributed by atoms with Gasteiger partial charge >= 0.3 is 5.97 Å². The molecule has 0 aliphatic heterocycles. The summed E-state index contributed by atoms with van der Waals surface area (Å²) in [6.45, 7) is 2.16. The van der Waals surface area contributed by atoms with Crippen molar-refractivity contribution in [3.63, 3.8) is 0 Å². The molecule has 0 atom stereocenters. The van der Waals surface area contributed by atoms with Crippen molar-refractivity contribution >= 4 is 34.7 Å². The van der Waals surface area contributed by atoms with Gasteiger partial charge in [-0.3, -0.25) is 10.2 Å². The first kappa shape index (κ1) is 15.9. The number of esters is 1. The third-order valence-electron chi connectivity index (χ3n) is 2.59. The van der Waals surface area contributed by atoms with E-state index in [2.05, 4.69) is 15.5 Å². The molecule has 22 heavy (non-hydrogen) atoms. The molecule has 2 rings (SSSR count). The maximum atomic E-state index is 11.3. The van der Waals surface area contributed by atoms with Gasteiger partial charge < -0.3 is 4.74 Å². The number of thiazole rings is 1. The predicted molar refractivity (Wildman–Crippen MR) is 90.0 cm³/mol. The van der Waals surface area contributed by atoms with E-state index in [0.29, 0.717) is 17.4 Å². The van der Waals surface area contributed by atoms with Crippen LogP contribution in [0.3, 0.4) is 0 Å². The number of carbonyl (C=O) groups is 1. The van der Waals surface area contributed by atoms with E-state index in [1.807, 2.05) is 47.9 Å². The smallest absolute Gasteiger partial charge is 0.311 e. The topological polar surface area (TPSA) is 63.6 Å². The number of hydrogen-bond donors (Lipinski definition) is 1. The highest BCUT2D eigenvalue weighted by Crippen LogP contribution is 2.15. The first-order chi connectivity index (χ1) is 10.8. The lowest BCUT2D eigenvalue weighted by atomic mass is 10.2. The van der Waals surface area contributed by atoms with Crippen LogP contribution in [0.5, 0.6) is 0 Å². The average Bonchev–Trinajstić information content (AvgIpc) is 2.95. The van der Waals surface area contributed by atoms with Crippen LogP contribution in [-0.4, -0.2) is 23.8 Å². The largest absolute Gasteiger partial charge is 0.466 e. The minimum atomic E-state index is -0.270. The summed E-state index contributed by atoms with van der Waals surface area (Å²) < 4.78 is 4.88. The maximum Gasteiger partial charge on any atom is 0.311 e. The van der Waals surface area contributed by atoms with Crippen LogP contribution in [0.2, 0.25) is 0 Å². The Morgan fingerprint density at radius 2 is 2.23 bits per heavy atom. The average molecular weight is 315 g/mol. The fourth-order valence-electron chi connectivity index (χ4n) is 1.65. The van der Waals surface area contributed by atoms with Crippen molar-refractivity contribution in [3.05, 3.63) is 53.0 Å². The van der Waals surface area contributed by atoms with Crippen LogP contribution in [-0.2, 0) is 16.0 Å². The van der Waals surface area contributed by atoms with E-state index in [9.17, 15) is 4.79 Å². The second kappa shape index (κ2) is 8.74. The van der Waals surface area contributed by atoms with Gasteiger partial charge in [-0.25, -0.2) is 4.98 Å². The number of hydrogen-bond acceptors (Lipinski definition) is 6. The minimum absolute atomic E-state index is 0.184. The second-order valence-corrected chi connectivity index (χ2v) is 5.14. The number of anilines is 1. The molecule has 6 heteroatoms. The van der Waals surface area contributed by atoms with Gasteiger partial charge in [-0.05, 0) is 18.6 Å². The van der Waals surface area contributed by atoms with E-state index >= 15 is 0 Å². The summed E-state index contributed by atoms with van der Waals surface area (Å²) in [5.41, 5.74) is 4.62. The molecule has 1 N–H and O–H groups in total. The monoisotopic (exact) mass is 315 g/mol. The van der Waals surface area contributed by atoms with Crippen molar-refractivity contribution in [2.75, 3.05) is 12.0 Å². The number of nitrogens with zero attached hydrogens (tertiary/aromatic N) is 2. The molecule has 5 nitrogen and oxygen atoms in total. The van der Waals surface area contributed by atoms with Crippen LogP contribution in [0.15, 0.2) is 46.9 Å². The molecule has 0 fully saturated rings. The third kappa shape index (κ3) is 5.49. The normalized spacial score (nSPS) is 11.1. The number of rotatable bonds is 7. The standard InChI is InChI=1S/C16H17N3O2S/c1-2-21-15(20)11-14-12-22-16(18-14)19-17-10-6-9-13-7-4-3-5-8-13/h3-10,12H,2,11H2,1H3,(H,18,19)/b9-6+,17-10-. The molecule has 2 aromatic rings. The third-order valence-corrected chi connectivity index (χ3v) is 3.39. The Bertz CT molecular complexity index is 650. The van der Waals surface area contributed by atoms with Gasteiger partial charge in [-0.15, -0.1) is 11.3 Å². The summed E-state index contributed by atoms with van der Waals surface area (Å²) in [4.78, 5) is 15.6. The van der Waals surface area contributed by atoms with Gasteiger partial charge in [0, 0.05) is 11.6 Å². The van der Waals surface area contributed by atoms with E-state index in [4.69, 9.17) is 4.74 Å². The Hall–Kier alpha value is -2.47. The SMILES string of the molecule is CCOC(=O)Cc1csc(N/N=C\C=C\c2ccccc2)n1. The molecule has 1 heterocycles. The molecule has 0 amide bonds. The molecule has 0 aliphatic carbocycles. The van der Waals surface area contributed by atoms with Crippen LogP contribution < -0.4 is 5.43 Å². The molecule has 0 bridgehead atoms. The van der Waals surface area contributed by atoms with Crippen molar-refractivity contribution in [1.82, 2.24) is 4.98 Å². The van der Waals surface area contributed by atoms with Gasteiger partial charge in [-0.1, -0.05) is 36.4 Å². The summed E-state index contributed by atoms with van der Waals surface area (Å²) in [6.07, 6.45) is 5.64. The Morgan fingerprint density at radius 1 is 1.41 bits per heavy atom. The highest BCUT2D eigenvalue weighted by molar-refractivity contribution is 7.13. The molecule has 0 radical (unpaired) electrons. The summed E-state index contributed by atoms with van der Waals surface area (Å²) >= 11 is 1.40. The molecular weight excluding hydrogens is 298 g/mol. The fraction of sp³-hybridized carbons (Fsp3) is 0.188. The Kier molecular flexibility index (Phi) is 6.32. The second-order valence-electron chi connectivity index (χ2n) is 4.29. The van der Waals surface area contributed by atoms with Crippen molar-refractivity contribution in [3.8, 4) is 0 Å². The van der Waals surface area contributed by atoms with Crippen LogP contribution >= 0.6 is 11.3 Å². The zero-order chi connectivity index (χ0) is 15.6. The lowest BCUT2D eigenvalue weighted by molar-refractivity contribution is -0.142. The lowest BCUT2D eigenvalue weighted by Crippen LogP contribution is -2.07. The molecule has 0 spiro atoms. The fourth-order valence-corrected chi connectivity index (χ4v) is 2.31. The summed E-state index contributed by atoms with van der Waals surface area (Å²) in [5, 5.41) is 6.51. The molecule has 0 saturated carbocycles. The Labute approximate surface area is 133 Å². The lowest BCUT2D eigenvalue weighted by Gasteiger charge is -1.97. The zero-order valence-electron chi connectivity index (χ0n) is 12.2. The van der Waals surface area contributed by atoms with Crippen molar-refractivity contribution in [2.24, 2.45) is 5.10 Å². The highest BCUT2D eigenvalue weighted by atomic mass is 32.1. The number of allylic oxidation sites excluding steroid dienone is 1. The molecule has 0 saturated heterocycles. The maximum absolute atomic E-state index is 11.3. The van der Waals surface area contributed by atoms with Gasteiger partial charge in [0.1, 0.15) is 0 Å². The molecule has 0 aliphatic rings. The van der Waals surface area contributed by atoms with Gasteiger partial charge in [0.2, 0.25) is 5.13 Å². The Balaban J connectivity index is 1.79. The zero-order valence-corrected chi connectivity index (χ0v) is 13.0. The van der Waals surface area contributed by atoms with Crippen LogP contribution in [0.1, 0.15) is 18.2 Å². The number of hydrazone groups is 1. The number of benzene rings is 1.